The van der Waals surface area contributed by atoms with E-state index in [0.29, 0.717) is 17.1 Å². The van der Waals surface area contributed by atoms with Gasteiger partial charge in [0.25, 0.3) is 5.91 Å². The predicted molar refractivity (Wildman–Crippen MR) is 116 cm³/mol. The minimum atomic E-state index is -0.238. The Bertz CT molecular complexity index is 843. The van der Waals surface area contributed by atoms with E-state index in [0.717, 1.165) is 30.8 Å². The minimum absolute atomic E-state index is 0.111. The van der Waals surface area contributed by atoms with Crippen molar-refractivity contribution in [2.24, 2.45) is 5.10 Å². The molecule has 0 bridgehead atoms. The lowest BCUT2D eigenvalue weighted by Gasteiger charge is -2.17. The summed E-state index contributed by atoms with van der Waals surface area (Å²) in [6, 6.07) is 13.2. The van der Waals surface area contributed by atoms with Gasteiger partial charge < -0.3 is 14.4 Å². The normalized spacial score (nSPS) is 14.8. The Labute approximate surface area is 172 Å². The molecule has 0 aliphatic carbocycles. The number of nitrogens with zero attached hydrogens (tertiary/aromatic N) is 2. The summed E-state index contributed by atoms with van der Waals surface area (Å²) in [5.41, 5.74) is 5.13. The summed E-state index contributed by atoms with van der Waals surface area (Å²) < 4.78 is 11.2. The quantitative estimate of drug-likeness (QED) is 0.536. The molecule has 1 N–H and O–H groups in total. The third kappa shape index (κ3) is 5.50. The van der Waals surface area contributed by atoms with Crippen molar-refractivity contribution in [3.63, 3.8) is 0 Å². The Morgan fingerprint density at radius 2 is 1.90 bits per heavy atom. The molecule has 1 heterocycles. The van der Waals surface area contributed by atoms with Crippen molar-refractivity contribution in [1.29, 1.82) is 0 Å². The van der Waals surface area contributed by atoms with Crippen LogP contribution in [0.1, 0.15) is 49.0 Å². The molecular formula is C23H29N3O3. The fraction of sp³-hybridized carbons (Fsp3) is 0.391. The van der Waals surface area contributed by atoms with E-state index in [-0.39, 0.29) is 12.0 Å². The van der Waals surface area contributed by atoms with Crippen LogP contribution in [0.15, 0.2) is 47.6 Å². The number of carbonyl (C=O) groups excluding carboxylic acids is 1. The van der Waals surface area contributed by atoms with Crippen LogP contribution in [0.4, 0.5) is 5.69 Å². The van der Waals surface area contributed by atoms with Crippen molar-refractivity contribution in [1.82, 2.24) is 5.43 Å². The van der Waals surface area contributed by atoms with Crippen LogP contribution in [-0.4, -0.2) is 38.4 Å². The number of amides is 1. The SMILES string of the molecule is CC[C@@H](C)Oc1ccc(/C=N\NC(=O)c2ccc(N3CCCC3)cc2)cc1OC. The zero-order valence-corrected chi connectivity index (χ0v) is 17.4. The molecule has 1 aliphatic rings. The van der Waals surface area contributed by atoms with Crippen molar-refractivity contribution >= 4 is 17.8 Å². The van der Waals surface area contributed by atoms with Gasteiger partial charge in [0, 0.05) is 24.3 Å². The first-order valence-corrected chi connectivity index (χ1v) is 10.1. The highest BCUT2D eigenvalue weighted by Gasteiger charge is 2.13. The summed E-state index contributed by atoms with van der Waals surface area (Å²) in [6.07, 6.45) is 5.07. The first-order chi connectivity index (χ1) is 14.1. The summed E-state index contributed by atoms with van der Waals surface area (Å²) in [6.45, 7) is 6.25. The monoisotopic (exact) mass is 395 g/mol. The molecule has 1 saturated heterocycles. The van der Waals surface area contributed by atoms with Gasteiger partial charge in [0.2, 0.25) is 0 Å². The Morgan fingerprint density at radius 1 is 1.17 bits per heavy atom. The van der Waals surface area contributed by atoms with Gasteiger partial charge in [-0.15, -0.1) is 0 Å². The number of hydrazone groups is 1. The minimum Gasteiger partial charge on any atom is -0.493 e. The smallest absolute Gasteiger partial charge is 0.271 e. The van der Waals surface area contributed by atoms with Crippen molar-refractivity contribution in [3.8, 4) is 11.5 Å². The van der Waals surface area contributed by atoms with E-state index in [1.807, 2.05) is 49.4 Å². The van der Waals surface area contributed by atoms with E-state index in [2.05, 4.69) is 22.4 Å². The van der Waals surface area contributed by atoms with Crippen LogP contribution in [0.25, 0.3) is 0 Å². The molecule has 0 unspecified atom stereocenters. The number of hydrogen-bond acceptors (Lipinski definition) is 5. The Kier molecular flexibility index (Phi) is 7.11. The topological polar surface area (TPSA) is 63.2 Å². The molecule has 1 fully saturated rings. The molecule has 3 rings (SSSR count). The summed E-state index contributed by atoms with van der Waals surface area (Å²) >= 11 is 0. The Balaban J connectivity index is 1.59. The second-order valence-electron chi connectivity index (χ2n) is 7.19. The van der Waals surface area contributed by atoms with Gasteiger partial charge in [0.05, 0.1) is 19.4 Å². The fourth-order valence-electron chi connectivity index (χ4n) is 3.19. The molecule has 29 heavy (non-hydrogen) atoms. The maximum atomic E-state index is 12.3. The van der Waals surface area contributed by atoms with Gasteiger partial charge >= 0.3 is 0 Å². The number of anilines is 1. The molecular weight excluding hydrogens is 366 g/mol. The number of rotatable bonds is 8. The van der Waals surface area contributed by atoms with Crippen LogP contribution in [0, 0.1) is 0 Å². The zero-order valence-electron chi connectivity index (χ0n) is 17.4. The number of benzene rings is 2. The van der Waals surface area contributed by atoms with E-state index < -0.39 is 0 Å². The lowest BCUT2D eigenvalue weighted by atomic mass is 10.2. The molecule has 1 amide bonds. The number of nitrogens with one attached hydrogen (secondary N) is 1. The predicted octanol–water partition coefficient (Wildman–Crippen LogP) is 4.24. The molecule has 6 heteroatoms. The second kappa shape index (κ2) is 9.96. The van der Waals surface area contributed by atoms with Crippen LogP contribution >= 0.6 is 0 Å². The summed E-state index contributed by atoms with van der Waals surface area (Å²) in [5, 5.41) is 4.07. The van der Waals surface area contributed by atoms with Crippen molar-refractivity contribution in [3.05, 3.63) is 53.6 Å². The van der Waals surface area contributed by atoms with Crippen LogP contribution < -0.4 is 19.8 Å². The van der Waals surface area contributed by atoms with Crippen LogP contribution in [0.2, 0.25) is 0 Å². The van der Waals surface area contributed by atoms with Gasteiger partial charge in [-0.05, 0) is 74.2 Å². The first-order valence-electron chi connectivity index (χ1n) is 10.1. The molecule has 0 saturated carbocycles. The number of methoxy groups -OCH3 is 1. The summed E-state index contributed by atoms with van der Waals surface area (Å²) in [4.78, 5) is 14.7. The second-order valence-corrected chi connectivity index (χ2v) is 7.19. The van der Waals surface area contributed by atoms with Gasteiger partial charge in [0.1, 0.15) is 0 Å². The standard InChI is InChI=1S/C23H29N3O3/c1-4-17(2)29-21-12-7-18(15-22(21)28-3)16-24-25-23(27)19-8-10-20(11-9-19)26-13-5-6-14-26/h7-12,15-17H,4-6,13-14H2,1-3H3,(H,25,27)/b24-16-/t17-/m1/s1. The van der Waals surface area contributed by atoms with Gasteiger partial charge in [-0.1, -0.05) is 6.92 Å². The molecule has 2 aromatic carbocycles. The van der Waals surface area contributed by atoms with Crippen molar-refractivity contribution < 1.29 is 14.3 Å². The lowest BCUT2D eigenvalue weighted by molar-refractivity contribution is 0.0955. The van der Waals surface area contributed by atoms with E-state index in [1.54, 1.807) is 13.3 Å². The number of ether oxygens (including phenoxy) is 2. The van der Waals surface area contributed by atoms with Crippen LogP contribution in [0.5, 0.6) is 11.5 Å². The largest absolute Gasteiger partial charge is 0.493 e. The Morgan fingerprint density at radius 3 is 2.55 bits per heavy atom. The maximum Gasteiger partial charge on any atom is 0.271 e. The average Bonchev–Trinajstić information content (AvgIpc) is 3.29. The zero-order chi connectivity index (χ0) is 20.6. The highest BCUT2D eigenvalue weighted by molar-refractivity contribution is 5.95. The molecule has 1 atom stereocenters. The average molecular weight is 396 g/mol. The van der Waals surface area contributed by atoms with E-state index in [9.17, 15) is 4.79 Å². The molecule has 0 radical (unpaired) electrons. The molecule has 0 aromatic heterocycles. The van der Waals surface area contributed by atoms with Crippen molar-refractivity contribution in [2.45, 2.75) is 39.2 Å². The van der Waals surface area contributed by atoms with E-state index in [1.165, 1.54) is 12.8 Å². The molecule has 154 valence electrons. The third-order valence-corrected chi connectivity index (χ3v) is 5.07. The maximum absolute atomic E-state index is 12.3. The highest BCUT2D eigenvalue weighted by Crippen LogP contribution is 2.29. The number of hydrogen-bond donors (Lipinski definition) is 1. The van der Waals surface area contributed by atoms with E-state index >= 15 is 0 Å². The van der Waals surface area contributed by atoms with Gasteiger partial charge in [-0.25, -0.2) is 5.43 Å². The summed E-state index contributed by atoms with van der Waals surface area (Å²) in [7, 11) is 1.60. The van der Waals surface area contributed by atoms with Crippen LogP contribution in [-0.2, 0) is 0 Å². The van der Waals surface area contributed by atoms with Gasteiger partial charge in [-0.2, -0.15) is 5.10 Å². The first kappa shape index (κ1) is 20.7. The van der Waals surface area contributed by atoms with Crippen LogP contribution in [0.3, 0.4) is 0 Å². The molecule has 1 aliphatic heterocycles. The van der Waals surface area contributed by atoms with Gasteiger partial charge in [-0.3, -0.25) is 4.79 Å². The Hall–Kier alpha value is -3.02. The van der Waals surface area contributed by atoms with Crippen molar-refractivity contribution in [2.75, 3.05) is 25.1 Å². The third-order valence-electron chi connectivity index (χ3n) is 5.07. The molecule has 0 spiro atoms. The lowest BCUT2D eigenvalue weighted by Crippen LogP contribution is -2.19. The summed E-state index contributed by atoms with van der Waals surface area (Å²) in [5.74, 6) is 1.09. The highest BCUT2D eigenvalue weighted by atomic mass is 16.5. The van der Waals surface area contributed by atoms with Gasteiger partial charge in [0.15, 0.2) is 11.5 Å². The molecule has 2 aromatic rings. The number of carbonyl (C=O) groups is 1. The fourth-order valence-corrected chi connectivity index (χ4v) is 3.19. The van der Waals surface area contributed by atoms with E-state index in [4.69, 9.17) is 9.47 Å². The molecule has 6 nitrogen and oxygen atoms in total.